The lowest BCUT2D eigenvalue weighted by Crippen LogP contribution is -2.31. The van der Waals surface area contributed by atoms with Crippen LogP contribution in [-0.4, -0.2) is 9.79 Å². The predicted molar refractivity (Wildman–Crippen MR) is 117 cm³/mol. The third-order valence-corrected chi connectivity index (χ3v) is 5.56. The average Bonchev–Trinajstić information content (AvgIpc) is 2.77. The molecule has 150 valence electrons. The summed E-state index contributed by atoms with van der Waals surface area (Å²) in [6.07, 6.45) is 0. The first-order chi connectivity index (χ1) is 14.5. The molecule has 0 amide bonds. The summed E-state index contributed by atoms with van der Waals surface area (Å²) in [6.45, 7) is 0. The van der Waals surface area contributed by atoms with Gasteiger partial charge in [-0.3, -0.25) is 9.79 Å². The fourth-order valence-corrected chi connectivity index (χ4v) is 4.43. The standard InChI is InChI=1S/C25H21O4P/c26-30(27,28)29-24-19-11-10-18-23(24)25(20-12-4-1-5-13-20,21-14-6-2-7-15-21)22-16-8-3-9-17-22/h1-19H,(H2,26,27,28). The molecule has 4 aromatic carbocycles. The van der Waals surface area contributed by atoms with Crippen molar-refractivity contribution in [1.29, 1.82) is 0 Å². The topological polar surface area (TPSA) is 66.8 Å². The van der Waals surface area contributed by atoms with Crippen LogP contribution in [0.1, 0.15) is 22.3 Å². The molecule has 0 radical (unpaired) electrons. The Hall–Kier alpha value is -3.17. The van der Waals surface area contributed by atoms with Gasteiger partial charge in [-0.05, 0) is 22.8 Å². The minimum Gasteiger partial charge on any atom is -0.404 e. The van der Waals surface area contributed by atoms with E-state index in [0.717, 1.165) is 16.7 Å². The summed E-state index contributed by atoms with van der Waals surface area (Å²) in [5, 5.41) is 0. The Kier molecular flexibility index (Phi) is 5.56. The van der Waals surface area contributed by atoms with Gasteiger partial charge in [-0.1, -0.05) is 109 Å². The van der Waals surface area contributed by atoms with Gasteiger partial charge < -0.3 is 4.52 Å². The van der Waals surface area contributed by atoms with Crippen LogP contribution in [-0.2, 0) is 9.98 Å². The van der Waals surface area contributed by atoms with Crippen LogP contribution in [0.3, 0.4) is 0 Å². The van der Waals surface area contributed by atoms with Crippen molar-refractivity contribution in [1.82, 2.24) is 0 Å². The molecule has 4 nitrogen and oxygen atoms in total. The molecule has 4 rings (SSSR count). The Labute approximate surface area is 175 Å². The number of para-hydroxylation sites is 1. The Morgan fingerprint density at radius 2 is 0.933 bits per heavy atom. The van der Waals surface area contributed by atoms with E-state index in [1.54, 1.807) is 12.1 Å². The summed E-state index contributed by atoms with van der Waals surface area (Å²) in [7, 11) is -4.76. The number of hydrogen-bond acceptors (Lipinski definition) is 2. The molecule has 0 spiro atoms. The van der Waals surface area contributed by atoms with Crippen LogP contribution in [0.15, 0.2) is 115 Å². The van der Waals surface area contributed by atoms with Crippen molar-refractivity contribution < 1.29 is 18.9 Å². The van der Waals surface area contributed by atoms with Gasteiger partial charge in [-0.2, -0.15) is 0 Å². The molecule has 0 atom stereocenters. The van der Waals surface area contributed by atoms with Crippen LogP contribution in [0.25, 0.3) is 0 Å². The van der Waals surface area contributed by atoms with Crippen LogP contribution >= 0.6 is 7.82 Å². The highest BCUT2D eigenvalue weighted by atomic mass is 31.2. The summed E-state index contributed by atoms with van der Waals surface area (Å²) in [5.74, 6) is 0.141. The van der Waals surface area contributed by atoms with E-state index in [2.05, 4.69) is 0 Å². The largest absolute Gasteiger partial charge is 0.524 e. The first-order valence-electron chi connectivity index (χ1n) is 9.53. The average molecular weight is 416 g/mol. The number of benzene rings is 4. The fraction of sp³-hybridized carbons (Fsp3) is 0.0400. The van der Waals surface area contributed by atoms with Crippen LogP contribution < -0.4 is 4.52 Å². The van der Waals surface area contributed by atoms with E-state index >= 15 is 0 Å². The van der Waals surface area contributed by atoms with Crippen molar-refractivity contribution in [3.63, 3.8) is 0 Å². The van der Waals surface area contributed by atoms with Crippen molar-refractivity contribution in [2.24, 2.45) is 0 Å². The monoisotopic (exact) mass is 416 g/mol. The molecular formula is C25H21O4P. The van der Waals surface area contributed by atoms with Gasteiger partial charge in [0, 0.05) is 5.56 Å². The molecular weight excluding hydrogens is 395 g/mol. The summed E-state index contributed by atoms with van der Waals surface area (Å²) in [5.41, 5.74) is 2.70. The van der Waals surface area contributed by atoms with Crippen molar-refractivity contribution in [2.45, 2.75) is 5.41 Å². The number of hydrogen-bond donors (Lipinski definition) is 2. The van der Waals surface area contributed by atoms with Crippen molar-refractivity contribution >= 4 is 7.82 Å². The van der Waals surface area contributed by atoms with Crippen molar-refractivity contribution in [3.8, 4) is 5.75 Å². The second kappa shape index (κ2) is 8.29. The number of phosphoric ester groups is 1. The van der Waals surface area contributed by atoms with Crippen LogP contribution in [0.2, 0.25) is 0 Å². The van der Waals surface area contributed by atoms with Gasteiger partial charge in [0.05, 0.1) is 5.41 Å². The summed E-state index contributed by atoms with van der Waals surface area (Å²) < 4.78 is 16.9. The molecule has 0 aromatic heterocycles. The molecule has 0 aliphatic rings. The van der Waals surface area contributed by atoms with Gasteiger partial charge in [-0.25, -0.2) is 4.57 Å². The lowest BCUT2D eigenvalue weighted by Gasteiger charge is -2.37. The first-order valence-corrected chi connectivity index (χ1v) is 11.1. The highest BCUT2D eigenvalue weighted by molar-refractivity contribution is 7.46. The smallest absolute Gasteiger partial charge is 0.404 e. The SMILES string of the molecule is O=P(O)(O)Oc1ccccc1C(c1ccccc1)(c1ccccc1)c1ccccc1. The van der Waals surface area contributed by atoms with Crippen LogP contribution in [0, 0.1) is 0 Å². The molecule has 4 aromatic rings. The first kappa shape index (κ1) is 20.1. The van der Waals surface area contributed by atoms with Crippen LogP contribution in [0.5, 0.6) is 5.75 Å². The van der Waals surface area contributed by atoms with E-state index in [4.69, 9.17) is 4.52 Å². The minimum atomic E-state index is -4.76. The summed E-state index contributed by atoms with van der Waals surface area (Å²) >= 11 is 0. The maximum absolute atomic E-state index is 11.8. The van der Waals surface area contributed by atoms with Gasteiger partial charge in [0.2, 0.25) is 0 Å². The quantitative estimate of drug-likeness (QED) is 0.320. The maximum Gasteiger partial charge on any atom is 0.524 e. The third-order valence-electron chi connectivity index (χ3n) is 5.13. The van der Waals surface area contributed by atoms with Gasteiger partial charge in [-0.15, -0.1) is 0 Å². The van der Waals surface area contributed by atoms with Crippen LogP contribution in [0.4, 0.5) is 0 Å². The molecule has 0 unspecified atom stereocenters. The number of rotatable bonds is 6. The lowest BCUT2D eigenvalue weighted by molar-refractivity contribution is 0.281. The van der Waals surface area contributed by atoms with Crippen molar-refractivity contribution in [3.05, 3.63) is 138 Å². The molecule has 0 aliphatic heterocycles. The molecule has 0 aliphatic carbocycles. The molecule has 0 heterocycles. The van der Waals surface area contributed by atoms with E-state index in [1.165, 1.54) is 0 Å². The zero-order chi connectivity index (χ0) is 21.0. The molecule has 0 fully saturated rings. The fourth-order valence-electron chi connectivity index (χ4n) is 4.02. The van der Waals surface area contributed by atoms with Crippen molar-refractivity contribution in [2.75, 3.05) is 0 Å². The van der Waals surface area contributed by atoms with Gasteiger partial charge in [0.15, 0.2) is 0 Å². The highest BCUT2D eigenvalue weighted by Gasteiger charge is 2.41. The van der Waals surface area contributed by atoms with Gasteiger partial charge in [0.25, 0.3) is 0 Å². The molecule has 30 heavy (non-hydrogen) atoms. The lowest BCUT2D eigenvalue weighted by atomic mass is 9.65. The predicted octanol–water partition coefficient (Wildman–Crippen LogP) is 5.54. The van der Waals surface area contributed by atoms with E-state index in [9.17, 15) is 14.4 Å². The minimum absolute atomic E-state index is 0.141. The second-order valence-electron chi connectivity index (χ2n) is 6.93. The third kappa shape index (κ3) is 3.81. The van der Waals surface area contributed by atoms with E-state index in [1.807, 2.05) is 103 Å². The zero-order valence-corrected chi connectivity index (χ0v) is 17.0. The summed E-state index contributed by atoms with van der Waals surface area (Å²) in [4.78, 5) is 19.1. The number of phosphoric acid groups is 1. The Balaban J connectivity index is 2.14. The normalized spacial score (nSPS) is 11.8. The zero-order valence-electron chi connectivity index (χ0n) is 16.1. The van der Waals surface area contributed by atoms with Gasteiger partial charge >= 0.3 is 7.82 Å². The molecule has 2 N–H and O–H groups in total. The second-order valence-corrected chi connectivity index (χ2v) is 8.09. The summed E-state index contributed by atoms with van der Waals surface area (Å²) in [6, 6.07) is 36.8. The Morgan fingerprint density at radius 3 is 1.33 bits per heavy atom. The Bertz CT molecular complexity index is 1060. The van der Waals surface area contributed by atoms with E-state index in [0.29, 0.717) is 5.56 Å². The van der Waals surface area contributed by atoms with E-state index in [-0.39, 0.29) is 5.75 Å². The molecule has 0 saturated carbocycles. The maximum atomic E-state index is 11.8. The molecule has 0 bridgehead atoms. The molecule has 0 saturated heterocycles. The highest BCUT2D eigenvalue weighted by Crippen LogP contribution is 2.50. The van der Waals surface area contributed by atoms with E-state index < -0.39 is 13.2 Å². The van der Waals surface area contributed by atoms with Gasteiger partial charge in [0.1, 0.15) is 5.75 Å². The molecule has 5 heteroatoms. The Morgan fingerprint density at radius 1 is 0.567 bits per heavy atom.